The van der Waals surface area contributed by atoms with Crippen LogP contribution in [0.4, 0.5) is 0 Å². The molecule has 1 aromatic carbocycles. The van der Waals surface area contributed by atoms with Gasteiger partial charge in [0.2, 0.25) is 0 Å². The van der Waals surface area contributed by atoms with Crippen molar-refractivity contribution in [1.29, 1.82) is 0 Å². The van der Waals surface area contributed by atoms with Crippen LogP contribution in [0.2, 0.25) is 0 Å². The molecular weight excluding hydrogens is 364 g/mol. The van der Waals surface area contributed by atoms with E-state index >= 15 is 0 Å². The average Bonchev–Trinajstić information content (AvgIpc) is 2.66. The van der Waals surface area contributed by atoms with Gasteiger partial charge in [0, 0.05) is 5.92 Å². The van der Waals surface area contributed by atoms with Gasteiger partial charge in [-0.25, -0.2) is 0 Å². The summed E-state index contributed by atoms with van der Waals surface area (Å²) in [5, 5.41) is 19.1. The van der Waals surface area contributed by atoms with E-state index < -0.39 is 11.2 Å². The third-order valence-corrected chi connectivity index (χ3v) is 5.06. The third kappa shape index (κ3) is 5.65. The lowest BCUT2D eigenvalue weighted by atomic mass is 9.69. The number of aryl methyl sites for hydroxylation is 1. The SMILES string of the molecule is Cc1cnnc(C#CC2(O)CC[C@@H](C(=O)OC(C)(C)C)[C@H](c3ccccc3)C2)c1. The Balaban J connectivity index is 1.87. The summed E-state index contributed by atoms with van der Waals surface area (Å²) in [6.45, 7) is 7.54. The molecule has 3 rings (SSSR count). The van der Waals surface area contributed by atoms with E-state index in [1.807, 2.05) is 64.1 Å². The number of esters is 1. The third-order valence-electron chi connectivity index (χ3n) is 5.06. The summed E-state index contributed by atoms with van der Waals surface area (Å²) in [6.07, 6.45) is 2.95. The van der Waals surface area contributed by atoms with Gasteiger partial charge in [-0.3, -0.25) is 4.79 Å². The Bertz CT molecular complexity index is 924. The Morgan fingerprint density at radius 1 is 1.28 bits per heavy atom. The topological polar surface area (TPSA) is 72.3 Å². The summed E-state index contributed by atoms with van der Waals surface area (Å²) in [7, 11) is 0. The highest BCUT2D eigenvalue weighted by Gasteiger charge is 2.43. The summed E-state index contributed by atoms with van der Waals surface area (Å²) < 4.78 is 5.66. The zero-order valence-electron chi connectivity index (χ0n) is 17.5. The molecule has 29 heavy (non-hydrogen) atoms. The smallest absolute Gasteiger partial charge is 0.310 e. The van der Waals surface area contributed by atoms with Crippen molar-refractivity contribution in [3.8, 4) is 11.8 Å². The summed E-state index contributed by atoms with van der Waals surface area (Å²) in [6, 6.07) is 11.7. The molecule has 152 valence electrons. The number of carbonyl (C=O) groups is 1. The number of hydrogen-bond donors (Lipinski definition) is 1. The van der Waals surface area contributed by atoms with Crippen LogP contribution < -0.4 is 0 Å². The predicted octanol–water partition coefficient (Wildman–Crippen LogP) is 3.79. The minimum Gasteiger partial charge on any atom is -0.460 e. The van der Waals surface area contributed by atoms with Gasteiger partial charge < -0.3 is 9.84 Å². The number of benzene rings is 1. The Labute approximate surface area is 172 Å². The van der Waals surface area contributed by atoms with E-state index in [0.717, 1.165) is 11.1 Å². The molecule has 0 radical (unpaired) electrons. The van der Waals surface area contributed by atoms with Crippen molar-refractivity contribution in [2.24, 2.45) is 5.92 Å². The second kappa shape index (κ2) is 8.34. The highest BCUT2D eigenvalue weighted by molar-refractivity contribution is 5.74. The molecule has 1 N–H and O–H groups in total. The fraction of sp³-hybridized carbons (Fsp3) is 0.458. The molecule has 0 spiro atoms. The molecule has 1 aromatic heterocycles. The first kappa shape index (κ1) is 21.0. The Hall–Kier alpha value is -2.71. The lowest BCUT2D eigenvalue weighted by molar-refractivity contribution is -0.163. The first-order valence-corrected chi connectivity index (χ1v) is 9.98. The first-order chi connectivity index (χ1) is 13.7. The van der Waals surface area contributed by atoms with Crippen molar-refractivity contribution in [3.05, 3.63) is 59.4 Å². The zero-order chi connectivity index (χ0) is 21.1. The van der Waals surface area contributed by atoms with Gasteiger partial charge in [0.1, 0.15) is 16.9 Å². The highest BCUT2D eigenvalue weighted by atomic mass is 16.6. The largest absolute Gasteiger partial charge is 0.460 e. The summed E-state index contributed by atoms with van der Waals surface area (Å²) in [4.78, 5) is 12.9. The van der Waals surface area contributed by atoms with Gasteiger partial charge in [0.05, 0.1) is 12.1 Å². The number of nitrogens with zero attached hydrogens (tertiary/aromatic N) is 2. The van der Waals surface area contributed by atoms with Crippen LogP contribution in [0.25, 0.3) is 0 Å². The normalized spacial score (nSPS) is 24.3. The Morgan fingerprint density at radius 3 is 2.66 bits per heavy atom. The minimum absolute atomic E-state index is 0.164. The molecule has 0 aliphatic heterocycles. The number of aliphatic hydroxyl groups is 1. The first-order valence-electron chi connectivity index (χ1n) is 9.98. The maximum absolute atomic E-state index is 12.9. The maximum atomic E-state index is 12.9. The summed E-state index contributed by atoms with van der Waals surface area (Å²) in [5.41, 5.74) is 0.773. The van der Waals surface area contributed by atoms with Crippen LogP contribution in [0, 0.1) is 24.7 Å². The Morgan fingerprint density at radius 2 is 2.00 bits per heavy atom. The molecule has 0 amide bonds. The van der Waals surface area contributed by atoms with Crippen LogP contribution >= 0.6 is 0 Å². The van der Waals surface area contributed by atoms with Gasteiger partial charge in [-0.05, 0) is 70.1 Å². The molecule has 5 heteroatoms. The maximum Gasteiger partial charge on any atom is 0.310 e. The summed E-state index contributed by atoms with van der Waals surface area (Å²) >= 11 is 0. The molecule has 0 saturated heterocycles. The standard InChI is InChI=1S/C24H28N2O3/c1-17-14-19(26-25-16-17)10-12-24(28)13-11-20(22(27)29-23(2,3)4)21(15-24)18-8-6-5-7-9-18/h5-9,14,16,20-21,28H,11,13,15H2,1-4H3/t20-,21+,24?/m1/s1. The molecule has 1 heterocycles. The van der Waals surface area contributed by atoms with Gasteiger partial charge in [0.25, 0.3) is 0 Å². The predicted molar refractivity (Wildman–Crippen MR) is 111 cm³/mol. The van der Waals surface area contributed by atoms with Crippen LogP contribution in [0.15, 0.2) is 42.6 Å². The molecule has 3 atom stereocenters. The van der Waals surface area contributed by atoms with E-state index in [9.17, 15) is 9.90 Å². The van der Waals surface area contributed by atoms with Gasteiger partial charge in [0.15, 0.2) is 0 Å². The average molecular weight is 392 g/mol. The van der Waals surface area contributed by atoms with E-state index in [1.54, 1.807) is 6.20 Å². The molecule has 1 aliphatic carbocycles. The van der Waals surface area contributed by atoms with Crippen LogP contribution in [0.5, 0.6) is 0 Å². The van der Waals surface area contributed by atoms with Crippen LogP contribution in [-0.4, -0.2) is 32.5 Å². The fourth-order valence-corrected chi connectivity index (χ4v) is 3.73. The molecule has 1 saturated carbocycles. The molecular formula is C24H28N2O3. The van der Waals surface area contributed by atoms with Crippen LogP contribution in [0.1, 0.15) is 62.8 Å². The second-order valence-electron chi connectivity index (χ2n) is 8.80. The highest BCUT2D eigenvalue weighted by Crippen LogP contribution is 2.43. The van der Waals surface area contributed by atoms with E-state index in [2.05, 4.69) is 22.0 Å². The molecule has 5 nitrogen and oxygen atoms in total. The Kier molecular flexibility index (Phi) is 6.04. The van der Waals surface area contributed by atoms with Crippen molar-refractivity contribution in [2.75, 3.05) is 0 Å². The number of aromatic nitrogens is 2. The quantitative estimate of drug-likeness (QED) is 0.622. The van der Waals surface area contributed by atoms with E-state index in [0.29, 0.717) is 25.0 Å². The van der Waals surface area contributed by atoms with Gasteiger partial charge in [-0.15, -0.1) is 5.10 Å². The summed E-state index contributed by atoms with van der Waals surface area (Å²) in [5.74, 6) is 5.27. The van der Waals surface area contributed by atoms with Gasteiger partial charge in [-0.1, -0.05) is 36.3 Å². The number of hydrogen-bond acceptors (Lipinski definition) is 5. The number of carbonyl (C=O) groups excluding carboxylic acids is 1. The molecule has 1 aliphatic rings. The monoisotopic (exact) mass is 392 g/mol. The van der Waals surface area contributed by atoms with E-state index in [-0.39, 0.29) is 17.8 Å². The van der Waals surface area contributed by atoms with Crippen molar-refractivity contribution in [3.63, 3.8) is 0 Å². The van der Waals surface area contributed by atoms with Crippen molar-refractivity contribution in [2.45, 2.75) is 64.1 Å². The van der Waals surface area contributed by atoms with Crippen LogP contribution in [0.3, 0.4) is 0 Å². The lowest BCUT2D eigenvalue weighted by Crippen LogP contribution is -2.41. The second-order valence-corrected chi connectivity index (χ2v) is 8.80. The van der Waals surface area contributed by atoms with Gasteiger partial charge >= 0.3 is 5.97 Å². The van der Waals surface area contributed by atoms with Crippen LogP contribution in [-0.2, 0) is 9.53 Å². The molecule has 1 fully saturated rings. The molecule has 2 aromatic rings. The molecule has 0 bridgehead atoms. The number of rotatable bonds is 2. The fourth-order valence-electron chi connectivity index (χ4n) is 3.73. The van der Waals surface area contributed by atoms with E-state index in [4.69, 9.17) is 4.74 Å². The number of ether oxygens (including phenoxy) is 1. The van der Waals surface area contributed by atoms with Crippen molar-refractivity contribution < 1.29 is 14.6 Å². The lowest BCUT2D eigenvalue weighted by Gasteiger charge is -2.39. The van der Waals surface area contributed by atoms with Gasteiger partial charge in [-0.2, -0.15) is 5.10 Å². The van der Waals surface area contributed by atoms with Crippen molar-refractivity contribution in [1.82, 2.24) is 10.2 Å². The minimum atomic E-state index is -1.19. The van der Waals surface area contributed by atoms with Crippen molar-refractivity contribution >= 4 is 5.97 Å². The zero-order valence-corrected chi connectivity index (χ0v) is 17.5. The molecule has 1 unspecified atom stereocenters. The van der Waals surface area contributed by atoms with E-state index in [1.165, 1.54) is 0 Å².